The Bertz CT molecular complexity index is 1630. The summed E-state index contributed by atoms with van der Waals surface area (Å²) in [5, 5.41) is 6.38. The number of likely N-dealkylation sites (tertiary alicyclic amines) is 1. The van der Waals surface area contributed by atoms with Gasteiger partial charge in [0.1, 0.15) is 23.9 Å². The van der Waals surface area contributed by atoms with Gasteiger partial charge in [-0.2, -0.15) is 0 Å². The second kappa shape index (κ2) is 19.6. The molecule has 13 heteroatoms. The van der Waals surface area contributed by atoms with Crippen LogP contribution in [0.25, 0.3) is 11.0 Å². The molecule has 2 saturated heterocycles. The van der Waals surface area contributed by atoms with Crippen LogP contribution in [0.3, 0.4) is 0 Å². The first-order valence-corrected chi connectivity index (χ1v) is 20.9. The summed E-state index contributed by atoms with van der Waals surface area (Å²) in [4.78, 5) is 57.8. The van der Waals surface area contributed by atoms with Gasteiger partial charge in [0.15, 0.2) is 0 Å². The summed E-state index contributed by atoms with van der Waals surface area (Å²) in [5.41, 5.74) is 0.316. The SMILES string of the molecule is CCC(CCCC(CF)NC(=O)OC(C)(C)C)C(=O)N1CCC(C2CCCCC2)C1C(=O)Nc1ccc2oc(C(=O)OCCCN3CCOCC3(C)C)cc2c1. The molecular weight excluding hydrogens is 719 g/mol. The number of carbonyl (C=O) groups excluding carboxylic acids is 4. The number of nitrogens with zero attached hydrogens (tertiary/aromatic N) is 2. The monoisotopic (exact) mass is 784 g/mol. The van der Waals surface area contributed by atoms with Gasteiger partial charge in [-0.25, -0.2) is 14.0 Å². The van der Waals surface area contributed by atoms with Gasteiger partial charge < -0.3 is 34.2 Å². The number of nitrogens with one attached hydrogen (secondary N) is 2. The van der Waals surface area contributed by atoms with Crippen LogP contribution in [0.4, 0.5) is 14.9 Å². The minimum absolute atomic E-state index is 0.0510. The van der Waals surface area contributed by atoms with Crippen LogP contribution in [0.15, 0.2) is 28.7 Å². The number of ether oxygens (including phenoxy) is 3. The summed E-state index contributed by atoms with van der Waals surface area (Å²) >= 11 is 0. The Morgan fingerprint density at radius 3 is 2.48 bits per heavy atom. The van der Waals surface area contributed by atoms with Crippen LogP contribution in [-0.2, 0) is 23.8 Å². The highest BCUT2D eigenvalue weighted by Gasteiger charge is 2.46. The fourth-order valence-corrected chi connectivity index (χ4v) is 8.70. The number of furan rings is 1. The average Bonchev–Trinajstić information content (AvgIpc) is 3.80. The number of hydrogen-bond donors (Lipinski definition) is 2. The fraction of sp³-hybridized carbons (Fsp3) is 0.721. The molecule has 4 atom stereocenters. The molecule has 3 amide bonds. The normalized spacial score (nSPS) is 21.7. The van der Waals surface area contributed by atoms with Crippen LogP contribution in [0.5, 0.6) is 0 Å². The first-order chi connectivity index (χ1) is 26.7. The van der Waals surface area contributed by atoms with Crippen molar-refractivity contribution in [2.75, 3.05) is 51.4 Å². The number of alkyl halides is 1. The smallest absolute Gasteiger partial charge is 0.407 e. The van der Waals surface area contributed by atoms with Gasteiger partial charge in [0.2, 0.25) is 17.6 Å². The number of esters is 1. The lowest BCUT2D eigenvalue weighted by Crippen LogP contribution is -2.53. The molecular formula is C43H65FN4O8. The number of carbonyl (C=O) groups is 4. The lowest BCUT2D eigenvalue weighted by atomic mass is 9.76. The lowest BCUT2D eigenvalue weighted by Gasteiger charge is -2.42. The molecule has 312 valence electrons. The summed E-state index contributed by atoms with van der Waals surface area (Å²) in [5.74, 6) is -0.608. The molecule has 5 rings (SSSR count). The predicted octanol–water partition coefficient (Wildman–Crippen LogP) is 7.89. The number of fused-ring (bicyclic) bond motifs is 1. The molecule has 12 nitrogen and oxygen atoms in total. The quantitative estimate of drug-likeness (QED) is 0.129. The number of benzene rings is 1. The molecule has 1 saturated carbocycles. The largest absolute Gasteiger partial charge is 0.460 e. The third-order valence-corrected chi connectivity index (χ3v) is 11.7. The highest BCUT2D eigenvalue weighted by Crippen LogP contribution is 2.40. The number of anilines is 1. The Morgan fingerprint density at radius 2 is 1.79 bits per heavy atom. The standard InChI is InChI=1S/C43H65FN4O8/c1-7-29(15-11-16-33(27-44)46-41(52)56-42(2,3)4)39(50)48-21-19-34(30-13-9-8-10-14-30)37(48)38(49)45-32-17-18-35-31(25-32)26-36(55-35)40(51)54-23-12-20-47-22-24-53-28-43(47,5)6/h17-18,25-26,29-30,33-34,37H,7-16,19-24,27-28H2,1-6H3,(H,45,49)(H,46,52). The Labute approximate surface area is 331 Å². The van der Waals surface area contributed by atoms with Gasteiger partial charge in [0, 0.05) is 42.2 Å². The summed E-state index contributed by atoms with van der Waals surface area (Å²) in [7, 11) is 0. The highest BCUT2D eigenvalue weighted by atomic mass is 19.1. The van der Waals surface area contributed by atoms with Crippen molar-refractivity contribution in [1.82, 2.24) is 15.1 Å². The van der Waals surface area contributed by atoms with E-state index in [1.54, 1.807) is 49.9 Å². The van der Waals surface area contributed by atoms with E-state index in [9.17, 15) is 23.6 Å². The van der Waals surface area contributed by atoms with E-state index in [2.05, 4.69) is 29.4 Å². The molecule has 3 fully saturated rings. The van der Waals surface area contributed by atoms with Crippen molar-refractivity contribution < 1.29 is 42.2 Å². The maximum absolute atomic E-state index is 14.3. The van der Waals surface area contributed by atoms with E-state index in [1.165, 1.54) is 6.42 Å². The van der Waals surface area contributed by atoms with E-state index < -0.39 is 36.4 Å². The van der Waals surface area contributed by atoms with Crippen LogP contribution < -0.4 is 10.6 Å². The van der Waals surface area contributed by atoms with Gasteiger partial charge in [-0.1, -0.05) is 45.4 Å². The summed E-state index contributed by atoms with van der Waals surface area (Å²) in [6.45, 7) is 14.6. The van der Waals surface area contributed by atoms with E-state index in [1.807, 2.05) is 6.92 Å². The number of morpholine rings is 1. The Morgan fingerprint density at radius 1 is 1.02 bits per heavy atom. The molecule has 0 spiro atoms. The van der Waals surface area contributed by atoms with Gasteiger partial charge in [0.25, 0.3) is 0 Å². The zero-order valence-corrected chi connectivity index (χ0v) is 34.5. The second-order valence-electron chi connectivity index (χ2n) is 17.6. The fourth-order valence-electron chi connectivity index (χ4n) is 8.70. The maximum atomic E-state index is 14.3. The molecule has 2 aromatic rings. The summed E-state index contributed by atoms with van der Waals surface area (Å²) < 4.78 is 36.1. The predicted molar refractivity (Wildman–Crippen MR) is 213 cm³/mol. The third-order valence-electron chi connectivity index (χ3n) is 11.7. The molecule has 2 aliphatic heterocycles. The summed E-state index contributed by atoms with van der Waals surface area (Å²) in [6.07, 6.45) is 8.37. The topological polar surface area (TPSA) is 140 Å². The highest BCUT2D eigenvalue weighted by molar-refractivity contribution is 6.00. The first-order valence-electron chi connectivity index (χ1n) is 20.9. The van der Waals surface area contributed by atoms with Crippen LogP contribution in [0, 0.1) is 17.8 Å². The van der Waals surface area contributed by atoms with Crippen LogP contribution in [-0.4, -0.2) is 103 Å². The van der Waals surface area contributed by atoms with Crippen LogP contribution in [0.2, 0.25) is 0 Å². The van der Waals surface area contributed by atoms with Crippen LogP contribution >= 0.6 is 0 Å². The van der Waals surface area contributed by atoms with Crippen molar-refractivity contribution >= 4 is 40.5 Å². The van der Waals surface area contributed by atoms with Gasteiger partial charge in [-0.3, -0.25) is 14.5 Å². The average molecular weight is 785 g/mol. The molecule has 3 aliphatic rings. The maximum Gasteiger partial charge on any atom is 0.407 e. The van der Waals surface area contributed by atoms with Crippen molar-refractivity contribution in [1.29, 1.82) is 0 Å². The van der Waals surface area contributed by atoms with Gasteiger partial charge in [-0.05, 0) is 103 Å². The zero-order valence-electron chi connectivity index (χ0n) is 34.5. The van der Waals surface area contributed by atoms with Gasteiger partial charge in [0.05, 0.1) is 25.9 Å². The first kappa shape index (κ1) is 43.4. The number of halogens is 1. The molecule has 1 aliphatic carbocycles. The van der Waals surface area contributed by atoms with Crippen molar-refractivity contribution in [3.63, 3.8) is 0 Å². The Kier molecular flexibility index (Phi) is 15.2. The van der Waals surface area contributed by atoms with Crippen molar-refractivity contribution in [2.45, 2.75) is 135 Å². The second-order valence-corrected chi connectivity index (χ2v) is 17.6. The number of alkyl carbamates (subject to hydrolysis) is 1. The summed E-state index contributed by atoms with van der Waals surface area (Å²) in [6, 6.07) is 5.59. The number of amides is 3. The Balaban J connectivity index is 1.21. The minimum Gasteiger partial charge on any atom is -0.460 e. The van der Waals surface area contributed by atoms with E-state index >= 15 is 0 Å². The van der Waals surface area contributed by atoms with Crippen molar-refractivity contribution in [3.8, 4) is 0 Å². The molecule has 1 aromatic heterocycles. The van der Waals surface area contributed by atoms with E-state index in [4.69, 9.17) is 18.6 Å². The molecule has 1 aromatic carbocycles. The minimum atomic E-state index is -0.730. The van der Waals surface area contributed by atoms with E-state index in [-0.39, 0.29) is 41.6 Å². The van der Waals surface area contributed by atoms with Crippen molar-refractivity contribution in [3.05, 3.63) is 30.0 Å². The molecule has 4 unspecified atom stereocenters. The molecule has 3 heterocycles. The Hall–Kier alpha value is -3.71. The molecule has 56 heavy (non-hydrogen) atoms. The lowest BCUT2D eigenvalue weighted by molar-refractivity contribution is -0.141. The van der Waals surface area contributed by atoms with E-state index in [0.717, 1.165) is 45.2 Å². The van der Waals surface area contributed by atoms with Crippen molar-refractivity contribution in [2.24, 2.45) is 17.8 Å². The molecule has 0 bridgehead atoms. The zero-order chi connectivity index (χ0) is 40.5. The molecule has 0 radical (unpaired) electrons. The molecule has 2 N–H and O–H groups in total. The van der Waals surface area contributed by atoms with Crippen LogP contribution in [0.1, 0.15) is 123 Å². The number of rotatable bonds is 16. The van der Waals surface area contributed by atoms with Gasteiger partial charge >= 0.3 is 12.1 Å². The van der Waals surface area contributed by atoms with E-state index in [0.29, 0.717) is 74.4 Å². The number of hydrogen-bond acceptors (Lipinski definition) is 9. The van der Waals surface area contributed by atoms with Gasteiger partial charge in [-0.15, -0.1) is 0 Å². The third kappa shape index (κ3) is 11.7.